The quantitative estimate of drug-likeness (QED) is 0.140. The van der Waals surface area contributed by atoms with Crippen LogP contribution in [-0.2, 0) is 0 Å². The van der Waals surface area contributed by atoms with Gasteiger partial charge in [-0.15, -0.1) is 0 Å². The fourth-order valence-electron chi connectivity index (χ4n) is 11.5. The van der Waals surface area contributed by atoms with Crippen LogP contribution in [-0.4, -0.2) is 0 Å². The lowest BCUT2D eigenvalue weighted by Gasteiger charge is -2.18. The van der Waals surface area contributed by atoms with Crippen molar-refractivity contribution in [2.45, 2.75) is 0 Å². The SMILES string of the molecule is c1ccc(-c2ccc(-c3cc4c5cc(-c6ccc7c(c6)c(-c6ccccc6)cc6c8ccccc8c(-c8ccccc8)cc76)ccc5c(-c5ccc(-c6ccccc6)cc5)cc4c4ccccc34)cc2)cc1. The maximum Gasteiger partial charge on any atom is -0.00921 e. The average molecular weight is 911 g/mol. The highest BCUT2D eigenvalue weighted by Gasteiger charge is 2.19. The Balaban J connectivity index is 1.01. The van der Waals surface area contributed by atoms with Crippen molar-refractivity contribution in [3.05, 3.63) is 279 Å². The van der Waals surface area contributed by atoms with Crippen LogP contribution in [0.15, 0.2) is 279 Å². The highest BCUT2D eigenvalue weighted by molar-refractivity contribution is 6.26. The molecule has 0 amide bonds. The van der Waals surface area contributed by atoms with Gasteiger partial charge in [0.05, 0.1) is 0 Å². The van der Waals surface area contributed by atoms with Gasteiger partial charge in [0.2, 0.25) is 0 Å². The van der Waals surface area contributed by atoms with Crippen LogP contribution < -0.4 is 0 Å². The molecule has 0 unspecified atom stereocenters. The summed E-state index contributed by atoms with van der Waals surface area (Å²) in [7, 11) is 0. The molecule has 0 atom stereocenters. The predicted molar refractivity (Wildman–Crippen MR) is 310 cm³/mol. The van der Waals surface area contributed by atoms with E-state index in [0.717, 1.165) is 0 Å². The Morgan fingerprint density at radius 2 is 0.333 bits per heavy atom. The number of benzene rings is 14. The molecule has 0 saturated carbocycles. The molecule has 0 radical (unpaired) electrons. The molecule has 0 aliphatic rings. The summed E-state index contributed by atoms with van der Waals surface area (Å²) in [6.07, 6.45) is 0. The zero-order valence-electron chi connectivity index (χ0n) is 39.6. The normalized spacial score (nSPS) is 11.6. The van der Waals surface area contributed by atoms with E-state index in [1.165, 1.54) is 143 Å². The largest absolute Gasteiger partial charge is 0.0622 e. The molecule has 0 aliphatic carbocycles. The summed E-state index contributed by atoms with van der Waals surface area (Å²) in [6, 6.07) is 103. The minimum atomic E-state index is 1.19. The smallest absolute Gasteiger partial charge is 0.00921 e. The molecule has 0 N–H and O–H groups in total. The van der Waals surface area contributed by atoms with Gasteiger partial charge in [-0.3, -0.25) is 0 Å². The summed E-state index contributed by atoms with van der Waals surface area (Å²) in [5, 5.41) is 15.0. The van der Waals surface area contributed by atoms with Gasteiger partial charge in [-0.1, -0.05) is 243 Å². The Labute approximate surface area is 419 Å². The second-order valence-corrected chi connectivity index (χ2v) is 19.1. The first kappa shape index (κ1) is 41.6. The summed E-state index contributed by atoms with van der Waals surface area (Å²) in [6.45, 7) is 0. The highest BCUT2D eigenvalue weighted by atomic mass is 14.2. The average Bonchev–Trinajstić information content (AvgIpc) is 3.47. The van der Waals surface area contributed by atoms with Crippen molar-refractivity contribution in [1.82, 2.24) is 0 Å². The van der Waals surface area contributed by atoms with E-state index in [2.05, 4.69) is 279 Å². The summed E-state index contributed by atoms with van der Waals surface area (Å²) < 4.78 is 0. The molecule has 0 saturated heterocycles. The number of hydrogen-bond donors (Lipinski definition) is 0. The first-order valence-electron chi connectivity index (χ1n) is 25.0. The minimum Gasteiger partial charge on any atom is -0.0622 e. The molecular weight excluding hydrogens is 865 g/mol. The van der Waals surface area contributed by atoms with Crippen LogP contribution in [0, 0.1) is 0 Å². The van der Waals surface area contributed by atoms with Gasteiger partial charge in [-0.25, -0.2) is 0 Å². The van der Waals surface area contributed by atoms with E-state index < -0.39 is 0 Å². The molecule has 14 aromatic carbocycles. The monoisotopic (exact) mass is 910 g/mol. The lowest BCUT2D eigenvalue weighted by molar-refractivity contribution is 1.60. The Morgan fingerprint density at radius 3 is 0.750 bits per heavy atom. The molecule has 14 rings (SSSR count). The molecule has 14 aromatic rings. The van der Waals surface area contributed by atoms with E-state index in [0.29, 0.717) is 0 Å². The Hall–Kier alpha value is -9.36. The molecule has 0 heteroatoms. The minimum absolute atomic E-state index is 1.19. The van der Waals surface area contributed by atoms with Crippen molar-refractivity contribution < 1.29 is 0 Å². The Kier molecular flexibility index (Phi) is 9.96. The maximum atomic E-state index is 2.46. The van der Waals surface area contributed by atoms with Crippen LogP contribution in [0.5, 0.6) is 0 Å². The van der Waals surface area contributed by atoms with E-state index >= 15 is 0 Å². The van der Waals surface area contributed by atoms with E-state index in [1.807, 2.05) is 0 Å². The Bertz CT molecular complexity index is 4360. The van der Waals surface area contributed by atoms with Crippen molar-refractivity contribution in [3.8, 4) is 77.9 Å². The van der Waals surface area contributed by atoms with Crippen LogP contribution in [0.3, 0.4) is 0 Å². The number of rotatable bonds is 7. The Morgan fingerprint density at radius 1 is 0.111 bits per heavy atom. The van der Waals surface area contributed by atoms with Crippen molar-refractivity contribution in [3.63, 3.8) is 0 Å². The second kappa shape index (κ2) is 17.2. The maximum absolute atomic E-state index is 2.46. The standard InChI is InChI=1S/C72H46/c1-5-17-47(18-6-1)49-29-33-53(34-30-49)64-45-72-68-42-56(37-39-61(68)65(44-70(72)60-28-16-14-26-58(60)64)54-35-31-50(32-36-54)48-19-7-2-8-20-48)55-38-40-62-67(41-55)66(52-23-11-4-12-24-52)46-69-59-27-15-13-25-57(59)63(43-71(62)69)51-21-9-3-10-22-51/h1-46H. The fraction of sp³-hybridized carbons (Fsp3) is 0. The van der Waals surface area contributed by atoms with E-state index in [4.69, 9.17) is 0 Å². The van der Waals surface area contributed by atoms with Crippen LogP contribution in [0.1, 0.15) is 0 Å². The van der Waals surface area contributed by atoms with Crippen LogP contribution in [0.25, 0.3) is 143 Å². The third-order valence-corrected chi connectivity index (χ3v) is 15.1. The van der Waals surface area contributed by atoms with Gasteiger partial charge in [-0.2, -0.15) is 0 Å². The highest BCUT2D eigenvalue weighted by Crippen LogP contribution is 2.46. The van der Waals surface area contributed by atoms with Crippen molar-refractivity contribution in [1.29, 1.82) is 0 Å². The summed E-state index contributed by atoms with van der Waals surface area (Å²) >= 11 is 0. The van der Waals surface area contributed by atoms with Gasteiger partial charge >= 0.3 is 0 Å². The third-order valence-electron chi connectivity index (χ3n) is 15.1. The first-order valence-corrected chi connectivity index (χ1v) is 25.0. The van der Waals surface area contributed by atoms with E-state index in [9.17, 15) is 0 Å². The van der Waals surface area contributed by atoms with Gasteiger partial charge < -0.3 is 0 Å². The van der Waals surface area contributed by atoms with Crippen LogP contribution >= 0.6 is 0 Å². The molecule has 334 valence electrons. The van der Waals surface area contributed by atoms with Crippen molar-refractivity contribution in [2.75, 3.05) is 0 Å². The molecule has 0 spiro atoms. The molecule has 72 heavy (non-hydrogen) atoms. The predicted octanol–water partition coefficient (Wildman–Crippen LogP) is 20.3. The molecule has 0 nitrogen and oxygen atoms in total. The zero-order chi connectivity index (χ0) is 47.5. The zero-order valence-corrected chi connectivity index (χ0v) is 39.6. The van der Waals surface area contributed by atoms with Gasteiger partial charge in [-0.05, 0) is 179 Å². The summed E-state index contributed by atoms with van der Waals surface area (Å²) in [5.41, 5.74) is 17.0. The van der Waals surface area contributed by atoms with Crippen molar-refractivity contribution >= 4 is 64.6 Å². The number of fused-ring (bicyclic) bond motifs is 10. The molecule has 0 bridgehead atoms. The molecule has 0 heterocycles. The van der Waals surface area contributed by atoms with Gasteiger partial charge in [0.25, 0.3) is 0 Å². The molecule has 0 aromatic heterocycles. The fourth-order valence-corrected chi connectivity index (χ4v) is 11.5. The lowest BCUT2D eigenvalue weighted by Crippen LogP contribution is -1.91. The molecule has 0 fully saturated rings. The van der Waals surface area contributed by atoms with E-state index in [-0.39, 0.29) is 0 Å². The van der Waals surface area contributed by atoms with Crippen molar-refractivity contribution in [2.24, 2.45) is 0 Å². The van der Waals surface area contributed by atoms with Crippen LogP contribution in [0.2, 0.25) is 0 Å². The van der Waals surface area contributed by atoms with Gasteiger partial charge in [0.15, 0.2) is 0 Å². The van der Waals surface area contributed by atoms with Gasteiger partial charge in [0.1, 0.15) is 0 Å². The molecule has 0 aliphatic heterocycles. The van der Waals surface area contributed by atoms with Gasteiger partial charge in [0, 0.05) is 0 Å². The summed E-state index contributed by atoms with van der Waals surface area (Å²) in [5.74, 6) is 0. The van der Waals surface area contributed by atoms with Crippen LogP contribution in [0.4, 0.5) is 0 Å². The lowest BCUT2D eigenvalue weighted by atomic mass is 9.85. The first-order chi connectivity index (χ1) is 35.7. The summed E-state index contributed by atoms with van der Waals surface area (Å²) in [4.78, 5) is 0. The molecular formula is C72H46. The van der Waals surface area contributed by atoms with E-state index in [1.54, 1.807) is 0 Å². The second-order valence-electron chi connectivity index (χ2n) is 19.1. The topological polar surface area (TPSA) is 0 Å². The third kappa shape index (κ3) is 7.07. The number of hydrogen-bond acceptors (Lipinski definition) is 0.